The second kappa shape index (κ2) is 9.23. The summed E-state index contributed by atoms with van der Waals surface area (Å²) in [4.78, 5) is 24.6. The van der Waals surface area contributed by atoms with Crippen LogP contribution in [0.15, 0.2) is 54.6 Å². The third-order valence-electron chi connectivity index (χ3n) is 3.79. The molecule has 2 aromatic rings. The van der Waals surface area contributed by atoms with Crippen molar-refractivity contribution in [3.63, 3.8) is 0 Å². The Hall–Kier alpha value is -3.33. The Balaban J connectivity index is 1.94. The highest BCUT2D eigenvalue weighted by Crippen LogP contribution is 2.08. The number of urea groups is 1. The maximum absolute atomic E-state index is 12.5. The van der Waals surface area contributed by atoms with Gasteiger partial charge in [-0.15, -0.1) is 0 Å². The number of carbonyl (C=O) groups excluding carboxylic acids is 2. The van der Waals surface area contributed by atoms with E-state index in [2.05, 4.69) is 22.0 Å². The topological polar surface area (TPSA) is 94.0 Å². The van der Waals surface area contributed by atoms with E-state index in [1.807, 2.05) is 38.1 Å². The molecular weight excluding hydrogens is 328 g/mol. The third-order valence-corrected chi connectivity index (χ3v) is 3.79. The van der Waals surface area contributed by atoms with Crippen LogP contribution in [0.5, 0.6) is 0 Å². The van der Waals surface area contributed by atoms with E-state index in [0.717, 1.165) is 5.56 Å². The molecule has 0 fully saturated rings. The minimum Gasteiger partial charge on any atom is -0.350 e. The maximum Gasteiger partial charge on any atom is 0.319 e. The summed E-state index contributed by atoms with van der Waals surface area (Å²) in [7, 11) is 0. The summed E-state index contributed by atoms with van der Waals surface area (Å²) in [5.41, 5.74) is 2.02. The van der Waals surface area contributed by atoms with Gasteiger partial charge in [0, 0.05) is 12.2 Å². The number of amides is 3. The smallest absolute Gasteiger partial charge is 0.319 e. The third kappa shape index (κ3) is 5.64. The molecule has 0 radical (unpaired) electrons. The van der Waals surface area contributed by atoms with E-state index in [-0.39, 0.29) is 11.8 Å². The molecule has 134 valence electrons. The zero-order chi connectivity index (χ0) is 18.9. The van der Waals surface area contributed by atoms with Crippen molar-refractivity contribution in [2.75, 3.05) is 5.32 Å². The van der Waals surface area contributed by atoms with Crippen molar-refractivity contribution >= 4 is 17.6 Å². The Bertz CT molecular complexity index is 797. The SMILES string of the molecule is CC(C)C(NC(=O)Nc1ccccc1)C(=O)NCc1cccc(C#N)c1. The van der Waals surface area contributed by atoms with Crippen molar-refractivity contribution < 1.29 is 9.59 Å². The lowest BCUT2D eigenvalue weighted by molar-refractivity contribution is -0.124. The van der Waals surface area contributed by atoms with Gasteiger partial charge in [0.05, 0.1) is 11.6 Å². The molecule has 0 bridgehead atoms. The van der Waals surface area contributed by atoms with Gasteiger partial charge < -0.3 is 16.0 Å². The molecule has 0 saturated carbocycles. The zero-order valence-corrected chi connectivity index (χ0v) is 14.8. The molecule has 0 aliphatic carbocycles. The first-order chi connectivity index (χ1) is 12.5. The zero-order valence-electron chi connectivity index (χ0n) is 14.8. The van der Waals surface area contributed by atoms with Crippen molar-refractivity contribution in [2.24, 2.45) is 5.92 Å². The molecule has 0 spiro atoms. The molecule has 26 heavy (non-hydrogen) atoms. The molecule has 0 aromatic heterocycles. The van der Waals surface area contributed by atoms with Crippen LogP contribution in [0, 0.1) is 17.2 Å². The number of nitrogens with one attached hydrogen (secondary N) is 3. The summed E-state index contributed by atoms with van der Waals surface area (Å²) in [6.45, 7) is 4.02. The van der Waals surface area contributed by atoms with Gasteiger partial charge in [-0.3, -0.25) is 4.79 Å². The van der Waals surface area contributed by atoms with Crippen molar-refractivity contribution in [1.82, 2.24) is 10.6 Å². The van der Waals surface area contributed by atoms with Gasteiger partial charge in [0.25, 0.3) is 0 Å². The van der Waals surface area contributed by atoms with E-state index in [9.17, 15) is 9.59 Å². The number of para-hydroxylation sites is 1. The first-order valence-electron chi connectivity index (χ1n) is 8.39. The van der Waals surface area contributed by atoms with E-state index in [1.54, 1.807) is 30.3 Å². The Morgan fingerprint density at radius 1 is 1.08 bits per heavy atom. The Morgan fingerprint density at radius 2 is 1.81 bits per heavy atom. The summed E-state index contributed by atoms with van der Waals surface area (Å²) in [5.74, 6) is -0.354. The van der Waals surface area contributed by atoms with Crippen molar-refractivity contribution in [3.8, 4) is 6.07 Å². The monoisotopic (exact) mass is 350 g/mol. The van der Waals surface area contributed by atoms with Gasteiger partial charge in [-0.1, -0.05) is 44.2 Å². The summed E-state index contributed by atoms with van der Waals surface area (Å²) in [6, 6.07) is 17.0. The van der Waals surface area contributed by atoms with Crippen LogP contribution in [0.1, 0.15) is 25.0 Å². The summed E-state index contributed by atoms with van der Waals surface area (Å²) < 4.78 is 0. The quantitative estimate of drug-likeness (QED) is 0.747. The minimum absolute atomic E-state index is 0.0815. The highest BCUT2D eigenvalue weighted by molar-refractivity contribution is 5.93. The summed E-state index contributed by atoms with van der Waals surface area (Å²) in [5, 5.41) is 17.2. The molecule has 2 aromatic carbocycles. The number of rotatable bonds is 6. The van der Waals surface area contributed by atoms with E-state index >= 15 is 0 Å². The number of hydrogen-bond acceptors (Lipinski definition) is 3. The van der Waals surface area contributed by atoms with Crippen LogP contribution in [0.25, 0.3) is 0 Å². The fourth-order valence-corrected chi connectivity index (χ4v) is 2.41. The molecule has 6 nitrogen and oxygen atoms in total. The molecule has 0 aliphatic heterocycles. The molecule has 2 rings (SSSR count). The van der Waals surface area contributed by atoms with Gasteiger partial charge in [0.1, 0.15) is 6.04 Å². The van der Waals surface area contributed by atoms with Crippen molar-refractivity contribution in [3.05, 3.63) is 65.7 Å². The van der Waals surface area contributed by atoms with Crippen LogP contribution in [0.3, 0.4) is 0 Å². The molecule has 3 amide bonds. The van der Waals surface area contributed by atoms with E-state index in [4.69, 9.17) is 5.26 Å². The number of hydrogen-bond donors (Lipinski definition) is 3. The molecule has 3 N–H and O–H groups in total. The fourth-order valence-electron chi connectivity index (χ4n) is 2.41. The predicted octanol–water partition coefficient (Wildman–Crippen LogP) is 3.02. The number of anilines is 1. The van der Waals surface area contributed by atoms with Crippen LogP contribution in [0.4, 0.5) is 10.5 Å². The van der Waals surface area contributed by atoms with Gasteiger partial charge in [-0.05, 0) is 35.7 Å². The predicted molar refractivity (Wildman–Crippen MR) is 100 cm³/mol. The van der Waals surface area contributed by atoms with Crippen LogP contribution >= 0.6 is 0 Å². The van der Waals surface area contributed by atoms with Gasteiger partial charge in [0.15, 0.2) is 0 Å². The number of benzene rings is 2. The number of nitrogens with zero attached hydrogens (tertiary/aromatic N) is 1. The molecule has 0 saturated heterocycles. The molecular formula is C20H22N4O2. The van der Waals surface area contributed by atoms with Crippen LogP contribution < -0.4 is 16.0 Å². The first-order valence-corrected chi connectivity index (χ1v) is 8.39. The van der Waals surface area contributed by atoms with Crippen molar-refractivity contribution in [2.45, 2.75) is 26.4 Å². The first kappa shape index (κ1) is 19.0. The molecule has 0 aliphatic rings. The van der Waals surface area contributed by atoms with Crippen LogP contribution in [-0.2, 0) is 11.3 Å². The standard InChI is InChI=1S/C20H22N4O2/c1-14(2)18(24-20(26)23-17-9-4-3-5-10-17)19(25)22-13-16-8-6-7-15(11-16)12-21/h3-11,14,18H,13H2,1-2H3,(H,22,25)(H2,23,24,26). The van der Waals surface area contributed by atoms with Gasteiger partial charge in [0.2, 0.25) is 5.91 Å². The highest BCUT2D eigenvalue weighted by atomic mass is 16.2. The lowest BCUT2D eigenvalue weighted by Gasteiger charge is -2.22. The molecule has 0 heterocycles. The second-order valence-electron chi connectivity index (χ2n) is 6.22. The highest BCUT2D eigenvalue weighted by Gasteiger charge is 2.24. The Kier molecular flexibility index (Phi) is 6.75. The number of carbonyl (C=O) groups is 2. The van der Waals surface area contributed by atoms with E-state index < -0.39 is 12.1 Å². The van der Waals surface area contributed by atoms with Gasteiger partial charge >= 0.3 is 6.03 Å². The normalized spacial score (nSPS) is 11.3. The van der Waals surface area contributed by atoms with Crippen LogP contribution in [0.2, 0.25) is 0 Å². The lowest BCUT2D eigenvalue weighted by Crippen LogP contribution is -2.50. The van der Waals surface area contributed by atoms with E-state index in [1.165, 1.54) is 0 Å². The molecule has 6 heteroatoms. The average molecular weight is 350 g/mol. The largest absolute Gasteiger partial charge is 0.350 e. The molecule has 1 unspecified atom stereocenters. The summed E-state index contributed by atoms with van der Waals surface area (Å²) in [6.07, 6.45) is 0. The molecule has 1 atom stereocenters. The fraction of sp³-hybridized carbons (Fsp3) is 0.250. The Morgan fingerprint density at radius 3 is 2.46 bits per heavy atom. The van der Waals surface area contributed by atoms with E-state index in [0.29, 0.717) is 17.8 Å². The Labute approximate surface area is 153 Å². The van der Waals surface area contributed by atoms with Crippen molar-refractivity contribution in [1.29, 1.82) is 5.26 Å². The summed E-state index contributed by atoms with van der Waals surface area (Å²) >= 11 is 0. The maximum atomic E-state index is 12.5. The average Bonchev–Trinajstić information content (AvgIpc) is 2.65. The second-order valence-corrected chi connectivity index (χ2v) is 6.22. The van der Waals surface area contributed by atoms with Crippen LogP contribution in [-0.4, -0.2) is 18.0 Å². The van der Waals surface area contributed by atoms with Gasteiger partial charge in [-0.25, -0.2) is 4.79 Å². The van der Waals surface area contributed by atoms with Gasteiger partial charge in [-0.2, -0.15) is 5.26 Å². The minimum atomic E-state index is -0.669. The number of nitriles is 1. The lowest BCUT2D eigenvalue weighted by atomic mass is 10.0.